The molecule has 0 aliphatic heterocycles. The van der Waals surface area contributed by atoms with E-state index in [-0.39, 0.29) is 0 Å². The van der Waals surface area contributed by atoms with Gasteiger partial charge in [-0.2, -0.15) is 5.10 Å². The van der Waals surface area contributed by atoms with Crippen LogP contribution in [0.15, 0.2) is 10.7 Å². The van der Waals surface area contributed by atoms with E-state index in [0.717, 1.165) is 23.0 Å². The summed E-state index contributed by atoms with van der Waals surface area (Å²) in [5.41, 5.74) is 1.13. The number of halogens is 1. The molecule has 0 unspecified atom stereocenters. The first kappa shape index (κ1) is 13.7. The molecule has 0 aliphatic carbocycles. The van der Waals surface area contributed by atoms with E-state index in [0.29, 0.717) is 18.8 Å². The number of ether oxygens (including phenoxy) is 1. The van der Waals surface area contributed by atoms with Crippen LogP contribution in [0.1, 0.15) is 52.3 Å². The van der Waals surface area contributed by atoms with Crippen LogP contribution in [-0.4, -0.2) is 15.9 Å². The molecule has 1 heterocycles. The smallest absolute Gasteiger partial charge is 0.0900 e. The van der Waals surface area contributed by atoms with E-state index in [1.165, 1.54) is 0 Å². The molecule has 16 heavy (non-hydrogen) atoms. The van der Waals surface area contributed by atoms with Crippen LogP contribution in [0.2, 0.25) is 0 Å². The van der Waals surface area contributed by atoms with Crippen LogP contribution in [0.25, 0.3) is 0 Å². The zero-order valence-electron chi connectivity index (χ0n) is 10.5. The van der Waals surface area contributed by atoms with Gasteiger partial charge in [0.25, 0.3) is 0 Å². The molecule has 3 nitrogen and oxygen atoms in total. The molecule has 0 aromatic carbocycles. The van der Waals surface area contributed by atoms with Gasteiger partial charge >= 0.3 is 0 Å². The molecule has 0 saturated heterocycles. The number of rotatable bonds is 6. The fraction of sp³-hybridized carbons (Fsp3) is 0.750. The Labute approximate surface area is 106 Å². The van der Waals surface area contributed by atoms with Crippen molar-refractivity contribution < 1.29 is 4.74 Å². The van der Waals surface area contributed by atoms with E-state index in [9.17, 15) is 0 Å². The second-order valence-electron chi connectivity index (χ2n) is 4.17. The maximum Gasteiger partial charge on any atom is 0.0900 e. The van der Waals surface area contributed by atoms with Crippen molar-refractivity contribution in [3.63, 3.8) is 0 Å². The molecule has 0 fully saturated rings. The third-order valence-electron chi connectivity index (χ3n) is 2.94. The van der Waals surface area contributed by atoms with Crippen molar-refractivity contribution in [3.05, 3.63) is 16.4 Å². The lowest BCUT2D eigenvalue weighted by atomic mass is 10.2. The van der Waals surface area contributed by atoms with Crippen molar-refractivity contribution in [1.29, 1.82) is 0 Å². The molecule has 0 N–H and O–H groups in total. The Hall–Kier alpha value is -0.350. The van der Waals surface area contributed by atoms with Crippen LogP contribution >= 0.6 is 15.9 Å². The van der Waals surface area contributed by atoms with Gasteiger partial charge in [0.05, 0.1) is 29.1 Å². The minimum absolute atomic E-state index is 0.298. The zero-order chi connectivity index (χ0) is 12.1. The highest BCUT2D eigenvalue weighted by Gasteiger charge is 2.13. The van der Waals surface area contributed by atoms with Crippen molar-refractivity contribution >= 4 is 15.9 Å². The topological polar surface area (TPSA) is 27.1 Å². The van der Waals surface area contributed by atoms with E-state index in [1.54, 1.807) is 0 Å². The quantitative estimate of drug-likeness (QED) is 0.793. The van der Waals surface area contributed by atoms with Gasteiger partial charge in [-0.05, 0) is 42.6 Å². The number of hydrogen-bond acceptors (Lipinski definition) is 2. The van der Waals surface area contributed by atoms with Crippen molar-refractivity contribution in [2.24, 2.45) is 0 Å². The summed E-state index contributed by atoms with van der Waals surface area (Å²) in [6.45, 7) is 9.19. The lowest BCUT2D eigenvalue weighted by molar-refractivity contribution is 0.0455. The summed E-state index contributed by atoms with van der Waals surface area (Å²) < 4.78 is 8.85. The van der Waals surface area contributed by atoms with Crippen molar-refractivity contribution in [2.75, 3.05) is 0 Å². The highest BCUT2D eigenvalue weighted by Crippen LogP contribution is 2.22. The molecule has 4 heteroatoms. The van der Waals surface area contributed by atoms with E-state index in [2.05, 4.69) is 48.7 Å². The van der Waals surface area contributed by atoms with Crippen LogP contribution in [0.3, 0.4) is 0 Å². The van der Waals surface area contributed by atoms with Gasteiger partial charge < -0.3 is 4.74 Å². The van der Waals surface area contributed by atoms with Gasteiger partial charge in [-0.1, -0.05) is 13.8 Å². The van der Waals surface area contributed by atoms with Crippen molar-refractivity contribution in [1.82, 2.24) is 9.78 Å². The minimum Gasteiger partial charge on any atom is -0.372 e. The SMILES string of the molecule is CC[C@H](C)OCc1c(Br)cnn1[C@@H](C)CC. The number of nitrogens with zero attached hydrogens (tertiary/aromatic N) is 2. The fourth-order valence-electron chi connectivity index (χ4n) is 1.39. The molecular formula is C12H21BrN2O. The third kappa shape index (κ3) is 3.32. The molecule has 0 radical (unpaired) electrons. The van der Waals surface area contributed by atoms with Crippen molar-refractivity contribution in [3.8, 4) is 0 Å². The Morgan fingerprint density at radius 1 is 1.38 bits per heavy atom. The van der Waals surface area contributed by atoms with E-state index in [1.807, 2.05) is 10.9 Å². The number of aromatic nitrogens is 2. The Morgan fingerprint density at radius 2 is 2.06 bits per heavy atom. The van der Waals surface area contributed by atoms with Gasteiger partial charge in [-0.15, -0.1) is 0 Å². The monoisotopic (exact) mass is 288 g/mol. The first-order chi connectivity index (χ1) is 7.60. The van der Waals surface area contributed by atoms with Crippen LogP contribution in [-0.2, 0) is 11.3 Å². The summed E-state index contributed by atoms with van der Waals surface area (Å²) >= 11 is 3.52. The van der Waals surface area contributed by atoms with E-state index in [4.69, 9.17) is 4.74 Å². The highest BCUT2D eigenvalue weighted by atomic mass is 79.9. The predicted molar refractivity (Wildman–Crippen MR) is 69.5 cm³/mol. The zero-order valence-corrected chi connectivity index (χ0v) is 12.1. The summed E-state index contributed by atoms with van der Waals surface area (Å²) in [5, 5.41) is 4.38. The van der Waals surface area contributed by atoms with Crippen molar-refractivity contribution in [2.45, 2.75) is 59.3 Å². The van der Waals surface area contributed by atoms with E-state index >= 15 is 0 Å². The summed E-state index contributed by atoms with van der Waals surface area (Å²) in [4.78, 5) is 0. The molecule has 1 rings (SSSR count). The first-order valence-electron chi connectivity index (χ1n) is 5.93. The Kier molecular flexibility index (Phi) is 5.49. The maximum absolute atomic E-state index is 5.76. The third-order valence-corrected chi connectivity index (χ3v) is 3.60. The molecule has 0 saturated carbocycles. The van der Waals surface area contributed by atoms with Crippen LogP contribution in [0, 0.1) is 0 Å². The second-order valence-corrected chi connectivity index (χ2v) is 5.03. The summed E-state index contributed by atoms with van der Waals surface area (Å²) in [7, 11) is 0. The average Bonchev–Trinajstić information content (AvgIpc) is 2.66. The lowest BCUT2D eigenvalue weighted by Gasteiger charge is -2.16. The Morgan fingerprint density at radius 3 is 2.62 bits per heavy atom. The number of hydrogen-bond donors (Lipinski definition) is 0. The van der Waals surface area contributed by atoms with Gasteiger partial charge in [0.2, 0.25) is 0 Å². The highest BCUT2D eigenvalue weighted by molar-refractivity contribution is 9.10. The summed E-state index contributed by atoms with van der Waals surface area (Å²) in [6.07, 6.45) is 4.26. The lowest BCUT2D eigenvalue weighted by Crippen LogP contribution is -2.13. The molecule has 0 bridgehead atoms. The fourth-order valence-corrected chi connectivity index (χ4v) is 1.78. The average molecular weight is 289 g/mol. The van der Waals surface area contributed by atoms with Gasteiger partial charge in [0.15, 0.2) is 0 Å². The van der Waals surface area contributed by atoms with Gasteiger partial charge in [0.1, 0.15) is 0 Å². The normalized spacial score (nSPS) is 15.1. The second kappa shape index (κ2) is 6.40. The van der Waals surface area contributed by atoms with Crippen LogP contribution in [0.4, 0.5) is 0 Å². The predicted octanol–water partition coefficient (Wildman–Crippen LogP) is 3.93. The maximum atomic E-state index is 5.76. The molecule has 2 atom stereocenters. The standard InChI is InChI=1S/C12H21BrN2O/c1-5-9(3)15-12(11(13)7-14-15)8-16-10(4)6-2/h7,9-10H,5-6,8H2,1-4H3/t9-,10-/m0/s1. The van der Waals surface area contributed by atoms with Gasteiger partial charge in [-0.25, -0.2) is 0 Å². The molecule has 0 amide bonds. The van der Waals surface area contributed by atoms with Crippen LogP contribution < -0.4 is 0 Å². The van der Waals surface area contributed by atoms with E-state index < -0.39 is 0 Å². The summed E-state index contributed by atoms with van der Waals surface area (Å²) in [6, 6.07) is 0.418. The molecule has 1 aromatic rings. The minimum atomic E-state index is 0.298. The molecule has 1 aromatic heterocycles. The first-order valence-corrected chi connectivity index (χ1v) is 6.72. The molecule has 92 valence electrons. The largest absolute Gasteiger partial charge is 0.372 e. The Balaban J connectivity index is 2.73. The van der Waals surface area contributed by atoms with Gasteiger partial charge in [0, 0.05) is 6.04 Å². The molecule has 0 spiro atoms. The van der Waals surface area contributed by atoms with Gasteiger partial charge in [-0.3, -0.25) is 4.68 Å². The molecular weight excluding hydrogens is 268 g/mol. The van der Waals surface area contributed by atoms with Crippen LogP contribution in [0.5, 0.6) is 0 Å². The Bertz CT molecular complexity index is 325. The molecule has 0 aliphatic rings. The summed E-state index contributed by atoms with van der Waals surface area (Å²) in [5.74, 6) is 0.